The molecular formula is C20H17FN2O3. The van der Waals surface area contributed by atoms with Gasteiger partial charge in [-0.1, -0.05) is 12.1 Å². The van der Waals surface area contributed by atoms with Crippen molar-refractivity contribution in [3.8, 4) is 0 Å². The Balaban J connectivity index is 1.85. The maximum absolute atomic E-state index is 13.2. The zero-order valence-corrected chi connectivity index (χ0v) is 14.0. The zero-order chi connectivity index (χ0) is 18.3. The quantitative estimate of drug-likeness (QED) is 0.742. The number of benzene rings is 2. The minimum atomic E-state index is -0.645. The van der Waals surface area contributed by atoms with Crippen LogP contribution in [-0.4, -0.2) is 35.2 Å². The average molecular weight is 352 g/mol. The number of nitrogens with zero attached hydrogens (tertiary/aromatic N) is 2. The molecule has 1 fully saturated rings. The molecule has 0 bridgehead atoms. The van der Waals surface area contributed by atoms with E-state index in [0.717, 1.165) is 17.7 Å². The van der Waals surface area contributed by atoms with Crippen LogP contribution in [0.25, 0.3) is 0 Å². The van der Waals surface area contributed by atoms with Crippen molar-refractivity contribution in [2.75, 3.05) is 11.4 Å². The smallest absolute Gasteiger partial charge is 0.265 e. The van der Waals surface area contributed by atoms with Crippen molar-refractivity contribution in [2.45, 2.75) is 25.3 Å². The summed E-state index contributed by atoms with van der Waals surface area (Å²) < 4.78 is 13.2. The molecule has 132 valence electrons. The first-order valence-corrected chi connectivity index (χ1v) is 8.62. The van der Waals surface area contributed by atoms with Gasteiger partial charge in [-0.2, -0.15) is 0 Å². The molecule has 2 aliphatic heterocycles. The third kappa shape index (κ3) is 2.58. The lowest BCUT2D eigenvalue weighted by Gasteiger charge is -2.34. The number of para-hydroxylation sites is 1. The van der Waals surface area contributed by atoms with Gasteiger partial charge in [0.1, 0.15) is 11.9 Å². The Kier molecular flexibility index (Phi) is 4.03. The van der Waals surface area contributed by atoms with Crippen molar-refractivity contribution in [3.63, 3.8) is 0 Å². The van der Waals surface area contributed by atoms with Gasteiger partial charge in [-0.3, -0.25) is 14.4 Å². The molecule has 0 N–H and O–H groups in total. The third-order valence-corrected chi connectivity index (χ3v) is 4.94. The second-order valence-corrected chi connectivity index (χ2v) is 6.51. The minimum Gasteiger partial charge on any atom is -0.327 e. The number of hydrogen-bond donors (Lipinski definition) is 0. The van der Waals surface area contributed by atoms with E-state index in [1.54, 1.807) is 29.2 Å². The molecule has 0 aliphatic carbocycles. The predicted octanol–water partition coefficient (Wildman–Crippen LogP) is 3.01. The van der Waals surface area contributed by atoms with Gasteiger partial charge in [-0.15, -0.1) is 0 Å². The van der Waals surface area contributed by atoms with Gasteiger partial charge in [0.25, 0.3) is 17.7 Å². The SMILES string of the molecule is O=C(c1ccc(F)cc1)N1C(=O)[C@@H]2CCCCN2C(=O)c2ccccc21. The second kappa shape index (κ2) is 6.37. The van der Waals surface area contributed by atoms with Gasteiger partial charge in [-0.05, 0) is 55.7 Å². The molecule has 3 amide bonds. The van der Waals surface area contributed by atoms with Crippen LogP contribution in [0.15, 0.2) is 48.5 Å². The molecule has 2 aliphatic rings. The van der Waals surface area contributed by atoms with E-state index in [4.69, 9.17) is 0 Å². The first kappa shape index (κ1) is 16.4. The molecule has 0 radical (unpaired) electrons. The van der Waals surface area contributed by atoms with Crippen LogP contribution in [0, 0.1) is 5.82 Å². The van der Waals surface area contributed by atoms with Crippen molar-refractivity contribution in [3.05, 3.63) is 65.5 Å². The van der Waals surface area contributed by atoms with E-state index in [0.29, 0.717) is 18.5 Å². The average Bonchev–Trinajstić information content (AvgIpc) is 2.76. The Labute approximate surface area is 150 Å². The molecule has 2 aromatic rings. The van der Waals surface area contributed by atoms with Crippen molar-refractivity contribution < 1.29 is 18.8 Å². The summed E-state index contributed by atoms with van der Waals surface area (Å²) in [6.45, 7) is 0.502. The molecule has 5 nitrogen and oxygen atoms in total. The molecule has 6 heteroatoms. The summed E-state index contributed by atoms with van der Waals surface area (Å²) in [7, 11) is 0. The van der Waals surface area contributed by atoms with E-state index >= 15 is 0 Å². The topological polar surface area (TPSA) is 57.7 Å². The molecule has 0 saturated carbocycles. The third-order valence-electron chi connectivity index (χ3n) is 4.94. The molecule has 26 heavy (non-hydrogen) atoms. The van der Waals surface area contributed by atoms with Crippen LogP contribution in [0.5, 0.6) is 0 Å². The van der Waals surface area contributed by atoms with Gasteiger partial charge < -0.3 is 4.90 Å². The number of imide groups is 1. The molecular weight excluding hydrogens is 335 g/mol. The largest absolute Gasteiger partial charge is 0.327 e. The summed E-state index contributed by atoms with van der Waals surface area (Å²) in [6, 6.07) is 11.0. The second-order valence-electron chi connectivity index (χ2n) is 6.51. The fourth-order valence-corrected chi connectivity index (χ4v) is 3.63. The molecule has 0 aromatic heterocycles. The standard InChI is InChI=1S/C20H17FN2O3/c21-14-10-8-13(9-11-14)18(24)23-16-6-2-1-5-15(16)19(25)22-12-4-3-7-17(22)20(23)26/h1-2,5-6,8-11,17H,3-4,7,12H2/t17-/m0/s1. The molecule has 0 unspecified atom stereocenters. The molecule has 1 saturated heterocycles. The van der Waals surface area contributed by atoms with Gasteiger partial charge >= 0.3 is 0 Å². The van der Waals surface area contributed by atoms with Crippen LogP contribution in [0.2, 0.25) is 0 Å². The number of anilines is 1. The van der Waals surface area contributed by atoms with Crippen molar-refractivity contribution >= 4 is 23.4 Å². The highest BCUT2D eigenvalue weighted by Gasteiger charge is 2.42. The number of halogens is 1. The maximum Gasteiger partial charge on any atom is 0.265 e. The Hall–Kier alpha value is -3.02. The van der Waals surface area contributed by atoms with E-state index in [-0.39, 0.29) is 17.2 Å². The van der Waals surface area contributed by atoms with Crippen LogP contribution in [0.4, 0.5) is 10.1 Å². The lowest BCUT2D eigenvalue weighted by Crippen LogP contribution is -2.52. The molecule has 0 spiro atoms. The van der Waals surface area contributed by atoms with Gasteiger partial charge in [0.05, 0.1) is 11.3 Å². The van der Waals surface area contributed by atoms with Crippen LogP contribution in [0.3, 0.4) is 0 Å². The van der Waals surface area contributed by atoms with Gasteiger partial charge in [-0.25, -0.2) is 9.29 Å². The highest BCUT2D eigenvalue weighted by molar-refractivity contribution is 6.26. The lowest BCUT2D eigenvalue weighted by molar-refractivity contribution is -0.123. The lowest BCUT2D eigenvalue weighted by atomic mass is 10.0. The Morgan fingerprint density at radius 2 is 1.73 bits per heavy atom. The number of carbonyl (C=O) groups excluding carboxylic acids is 3. The van der Waals surface area contributed by atoms with E-state index in [2.05, 4.69) is 0 Å². The monoisotopic (exact) mass is 352 g/mol. The van der Waals surface area contributed by atoms with Gasteiger partial charge in [0.2, 0.25) is 0 Å². The van der Waals surface area contributed by atoms with Crippen LogP contribution in [-0.2, 0) is 4.79 Å². The number of amides is 3. The van der Waals surface area contributed by atoms with Crippen molar-refractivity contribution in [2.24, 2.45) is 0 Å². The first-order chi connectivity index (χ1) is 12.6. The summed E-state index contributed by atoms with van der Waals surface area (Å²) in [6.07, 6.45) is 2.20. The summed E-state index contributed by atoms with van der Waals surface area (Å²) in [5, 5.41) is 0. The maximum atomic E-state index is 13.2. The minimum absolute atomic E-state index is 0.200. The first-order valence-electron chi connectivity index (χ1n) is 8.62. The van der Waals surface area contributed by atoms with Gasteiger partial charge in [0.15, 0.2) is 0 Å². The van der Waals surface area contributed by atoms with Crippen LogP contribution >= 0.6 is 0 Å². The van der Waals surface area contributed by atoms with Crippen molar-refractivity contribution in [1.82, 2.24) is 4.90 Å². The summed E-state index contributed by atoms with van der Waals surface area (Å²) in [5.74, 6) is -1.65. The highest BCUT2D eigenvalue weighted by atomic mass is 19.1. The normalized spacial score (nSPS) is 19.7. The zero-order valence-electron chi connectivity index (χ0n) is 14.0. The Bertz CT molecular complexity index is 894. The molecule has 4 rings (SSSR count). The predicted molar refractivity (Wildman–Crippen MR) is 93.3 cm³/mol. The fraction of sp³-hybridized carbons (Fsp3) is 0.250. The molecule has 2 aromatic carbocycles. The van der Waals surface area contributed by atoms with E-state index in [9.17, 15) is 18.8 Å². The molecule has 2 heterocycles. The summed E-state index contributed by atoms with van der Waals surface area (Å²) in [4.78, 5) is 41.9. The number of piperidine rings is 1. The number of rotatable bonds is 1. The Morgan fingerprint density at radius 1 is 1.00 bits per heavy atom. The number of hydrogen-bond acceptors (Lipinski definition) is 3. The number of fused-ring (bicyclic) bond motifs is 2. The van der Waals surface area contributed by atoms with Crippen molar-refractivity contribution in [1.29, 1.82) is 0 Å². The van der Waals surface area contributed by atoms with Crippen LogP contribution < -0.4 is 4.90 Å². The van der Waals surface area contributed by atoms with E-state index in [1.165, 1.54) is 24.3 Å². The number of carbonyl (C=O) groups is 3. The highest BCUT2D eigenvalue weighted by Crippen LogP contribution is 2.32. The van der Waals surface area contributed by atoms with E-state index in [1.807, 2.05) is 0 Å². The Morgan fingerprint density at radius 3 is 2.50 bits per heavy atom. The molecule has 1 atom stereocenters. The van der Waals surface area contributed by atoms with Crippen LogP contribution in [0.1, 0.15) is 40.0 Å². The van der Waals surface area contributed by atoms with E-state index < -0.39 is 23.7 Å². The summed E-state index contributed by atoms with van der Waals surface area (Å²) in [5.41, 5.74) is 0.818. The summed E-state index contributed by atoms with van der Waals surface area (Å²) >= 11 is 0. The van der Waals surface area contributed by atoms with Gasteiger partial charge in [0, 0.05) is 12.1 Å². The fourth-order valence-electron chi connectivity index (χ4n) is 3.63.